The van der Waals surface area contributed by atoms with Crippen molar-refractivity contribution in [3.8, 4) is 0 Å². The van der Waals surface area contributed by atoms with Crippen molar-refractivity contribution < 1.29 is 4.74 Å². The summed E-state index contributed by atoms with van der Waals surface area (Å²) >= 11 is 1.89. The van der Waals surface area contributed by atoms with Gasteiger partial charge in [0, 0.05) is 23.2 Å². The smallest absolute Gasteiger partial charge is 0.0733 e. The molecule has 0 saturated heterocycles. The van der Waals surface area contributed by atoms with Gasteiger partial charge in [0.05, 0.1) is 12.6 Å². The Labute approximate surface area is 118 Å². The highest BCUT2D eigenvalue weighted by molar-refractivity contribution is 7.10. The zero-order valence-corrected chi connectivity index (χ0v) is 12.0. The van der Waals surface area contributed by atoms with Crippen LogP contribution >= 0.6 is 11.3 Å². The van der Waals surface area contributed by atoms with E-state index in [1.807, 2.05) is 11.3 Å². The molecular formula is C16H19NOS. The van der Waals surface area contributed by atoms with E-state index in [0.717, 1.165) is 0 Å². The predicted molar refractivity (Wildman–Crippen MR) is 80.8 cm³/mol. The van der Waals surface area contributed by atoms with E-state index >= 15 is 0 Å². The second kappa shape index (κ2) is 5.76. The number of para-hydroxylation sites is 1. The molecule has 2 nitrogen and oxygen atoms in total. The van der Waals surface area contributed by atoms with Crippen LogP contribution in [0.15, 0.2) is 35.7 Å². The highest BCUT2D eigenvalue weighted by Crippen LogP contribution is 2.36. The molecule has 1 N–H and O–H groups in total. The summed E-state index contributed by atoms with van der Waals surface area (Å²) in [5, 5.41) is 5.92. The Bertz CT molecular complexity index is 549. The lowest BCUT2D eigenvalue weighted by Gasteiger charge is -2.25. The minimum absolute atomic E-state index is 0.452. The molecule has 0 radical (unpaired) electrons. The molecule has 100 valence electrons. The number of nitrogens with one attached hydrogen (secondary N) is 1. The summed E-state index contributed by atoms with van der Waals surface area (Å²) in [6, 6.07) is 11.1. The average molecular weight is 273 g/mol. The van der Waals surface area contributed by atoms with Crippen molar-refractivity contribution in [2.75, 3.05) is 12.4 Å². The van der Waals surface area contributed by atoms with Gasteiger partial charge in [0.1, 0.15) is 0 Å². The van der Waals surface area contributed by atoms with Crippen LogP contribution < -0.4 is 5.32 Å². The summed E-state index contributed by atoms with van der Waals surface area (Å²) in [6.07, 6.45) is 3.73. The molecule has 1 aliphatic carbocycles. The van der Waals surface area contributed by atoms with Crippen LogP contribution in [0.25, 0.3) is 0 Å². The maximum atomic E-state index is 5.27. The van der Waals surface area contributed by atoms with Crippen LogP contribution in [0.5, 0.6) is 0 Å². The minimum atomic E-state index is 0.452. The lowest BCUT2D eigenvalue weighted by atomic mass is 9.93. The first-order chi connectivity index (χ1) is 9.38. The summed E-state index contributed by atoms with van der Waals surface area (Å²) in [5.41, 5.74) is 3.92. The SMILES string of the molecule is COCc1ccccc1NC1CCCc2sccc21. The van der Waals surface area contributed by atoms with Crippen LogP contribution in [0.3, 0.4) is 0 Å². The fourth-order valence-corrected chi connectivity index (χ4v) is 3.75. The minimum Gasteiger partial charge on any atom is -0.380 e. The zero-order valence-electron chi connectivity index (χ0n) is 11.2. The Morgan fingerprint density at radius 1 is 1.32 bits per heavy atom. The first-order valence-electron chi connectivity index (χ1n) is 6.78. The third kappa shape index (κ3) is 2.67. The monoisotopic (exact) mass is 273 g/mol. The lowest BCUT2D eigenvalue weighted by molar-refractivity contribution is 0.185. The first-order valence-corrected chi connectivity index (χ1v) is 7.66. The third-order valence-corrected chi connectivity index (χ3v) is 4.70. The number of methoxy groups -OCH3 is 1. The van der Waals surface area contributed by atoms with Crippen LogP contribution in [0.4, 0.5) is 5.69 Å². The number of hydrogen-bond acceptors (Lipinski definition) is 3. The fourth-order valence-electron chi connectivity index (χ4n) is 2.77. The van der Waals surface area contributed by atoms with Crippen molar-refractivity contribution in [1.29, 1.82) is 0 Å². The van der Waals surface area contributed by atoms with Crippen LogP contribution in [0.1, 0.15) is 34.9 Å². The van der Waals surface area contributed by atoms with Gasteiger partial charge in [-0.15, -0.1) is 11.3 Å². The van der Waals surface area contributed by atoms with E-state index < -0.39 is 0 Å². The summed E-state index contributed by atoms with van der Waals surface area (Å²) in [6.45, 7) is 0.659. The molecule has 1 aromatic heterocycles. The largest absolute Gasteiger partial charge is 0.380 e. The Kier molecular flexibility index (Phi) is 3.85. The maximum absolute atomic E-state index is 5.27. The first kappa shape index (κ1) is 12.7. The molecule has 1 aliphatic rings. The second-order valence-corrected chi connectivity index (χ2v) is 5.98. The van der Waals surface area contributed by atoms with Crippen LogP contribution in [-0.2, 0) is 17.8 Å². The number of anilines is 1. The molecule has 0 amide bonds. The number of ether oxygens (including phenoxy) is 1. The number of benzene rings is 1. The Morgan fingerprint density at radius 3 is 3.11 bits per heavy atom. The topological polar surface area (TPSA) is 21.3 Å². The molecule has 2 aromatic rings. The van der Waals surface area contributed by atoms with Gasteiger partial charge in [0.2, 0.25) is 0 Å². The molecule has 1 heterocycles. The Morgan fingerprint density at radius 2 is 2.21 bits per heavy atom. The molecule has 19 heavy (non-hydrogen) atoms. The fraction of sp³-hybridized carbons (Fsp3) is 0.375. The van der Waals surface area contributed by atoms with Gasteiger partial charge in [0.15, 0.2) is 0 Å². The normalized spacial score (nSPS) is 18.1. The average Bonchev–Trinajstić information content (AvgIpc) is 2.91. The molecule has 1 unspecified atom stereocenters. The van der Waals surface area contributed by atoms with Crippen LogP contribution in [0, 0.1) is 0 Å². The molecule has 1 atom stereocenters. The summed E-state index contributed by atoms with van der Waals surface area (Å²) in [4.78, 5) is 1.55. The van der Waals surface area contributed by atoms with Crippen molar-refractivity contribution in [3.05, 3.63) is 51.7 Å². The van der Waals surface area contributed by atoms with Crippen molar-refractivity contribution in [2.24, 2.45) is 0 Å². The van der Waals surface area contributed by atoms with Gasteiger partial charge in [0.25, 0.3) is 0 Å². The quantitative estimate of drug-likeness (QED) is 0.892. The number of rotatable bonds is 4. The van der Waals surface area contributed by atoms with E-state index in [4.69, 9.17) is 4.74 Å². The van der Waals surface area contributed by atoms with Crippen molar-refractivity contribution in [2.45, 2.75) is 31.9 Å². The molecule has 3 heteroatoms. The molecule has 3 rings (SSSR count). The van der Waals surface area contributed by atoms with Gasteiger partial charge in [-0.1, -0.05) is 18.2 Å². The number of aryl methyl sites for hydroxylation is 1. The summed E-state index contributed by atoms with van der Waals surface area (Å²) < 4.78 is 5.27. The molecule has 0 bridgehead atoms. The molecule has 0 saturated carbocycles. The molecular weight excluding hydrogens is 254 g/mol. The van der Waals surface area contributed by atoms with Gasteiger partial charge in [-0.2, -0.15) is 0 Å². The maximum Gasteiger partial charge on any atom is 0.0733 e. The highest BCUT2D eigenvalue weighted by Gasteiger charge is 2.21. The van der Waals surface area contributed by atoms with Crippen molar-refractivity contribution >= 4 is 17.0 Å². The number of fused-ring (bicyclic) bond motifs is 1. The summed E-state index contributed by atoms with van der Waals surface area (Å²) in [7, 11) is 1.74. The third-order valence-electron chi connectivity index (χ3n) is 3.70. The Hall–Kier alpha value is -1.32. The van der Waals surface area contributed by atoms with E-state index in [1.165, 1.54) is 36.1 Å². The summed E-state index contributed by atoms with van der Waals surface area (Å²) in [5.74, 6) is 0. The van der Waals surface area contributed by atoms with E-state index in [1.54, 1.807) is 12.0 Å². The lowest BCUT2D eigenvalue weighted by Crippen LogP contribution is -2.16. The van der Waals surface area contributed by atoms with Gasteiger partial charge in [-0.3, -0.25) is 0 Å². The van der Waals surface area contributed by atoms with E-state index in [0.29, 0.717) is 12.6 Å². The highest BCUT2D eigenvalue weighted by atomic mass is 32.1. The van der Waals surface area contributed by atoms with Crippen molar-refractivity contribution in [3.63, 3.8) is 0 Å². The van der Waals surface area contributed by atoms with Crippen LogP contribution in [-0.4, -0.2) is 7.11 Å². The number of hydrogen-bond donors (Lipinski definition) is 1. The van der Waals surface area contributed by atoms with Crippen LogP contribution in [0.2, 0.25) is 0 Å². The molecule has 0 fully saturated rings. The zero-order chi connectivity index (χ0) is 13.1. The molecule has 0 aliphatic heterocycles. The van der Waals surface area contributed by atoms with Gasteiger partial charge < -0.3 is 10.1 Å². The molecule has 0 spiro atoms. The van der Waals surface area contributed by atoms with E-state index in [-0.39, 0.29) is 0 Å². The van der Waals surface area contributed by atoms with Gasteiger partial charge >= 0.3 is 0 Å². The predicted octanol–water partition coefficient (Wildman–Crippen LogP) is 4.38. The number of thiophene rings is 1. The van der Waals surface area contributed by atoms with Gasteiger partial charge in [-0.25, -0.2) is 0 Å². The van der Waals surface area contributed by atoms with Crippen molar-refractivity contribution in [1.82, 2.24) is 0 Å². The second-order valence-electron chi connectivity index (χ2n) is 4.98. The Balaban J connectivity index is 1.83. The standard InChI is InChI=1S/C16H19NOS/c1-18-11-12-5-2-3-6-14(12)17-15-7-4-8-16-13(15)9-10-19-16/h2-3,5-6,9-10,15,17H,4,7-8,11H2,1H3. The molecule has 1 aromatic carbocycles. The van der Waals surface area contributed by atoms with E-state index in [9.17, 15) is 0 Å². The van der Waals surface area contributed by atoms with E-state index in [2.05, 4.69) is 41.0 Å². The van der Waals surface area contributed by atoms with Gasteiger partial charge in [-0.05, 0) is 42.3 Å².